The van der Waals surface area contributed by atoms with Gasteiger partial charge in [0.2, 0.25) is 5.96 Å². The van der Waals surface area contributed by atoms with Crippen LogP contribution in [0.25, 0.3) is 0 Å². The van der Waals surface area contributed by atoms with Gasteiger partial charge in [-0.15, -0.1) is 5.10 Å². The fourth-order valence-corrected chi connectivity index (χ4v) is 1.69. The molecule has 1 aliphatic heterocycles. The summed E-state index contributed by atoms with van der Waals surface area (Å²) >= 11 is 0. The van der Waals surface area contributed by atoms with E-state index in [2.05, 4.69) is 15.5 Å². The highest BCUT2D eigenvalue weighted by Crippen LogP contribution is 2.07. The van der Waals surface area contributed by atoms with Crippen molar-refractivity contribution in [2.24, 2.45) is 10.8 Å². The second kappa shape index (κ2) is 5.63. The Labute approximate surface area is 105 Å². The van der Waals surface area contributed by atoms with Crippen molar-refractivity contribution in [1.82, 2.24) is 9.88 Å². The van der Waals surface area contributed by atoms with Gasteiger partial charge in [0.15, 0.2) is 0 Å². The van der Waals surface area contributed by atoms with E-state index in [1.54, 1.807) is 0 Å². The average molecular weight is 253 g/mol. The van der Waals surface area contributed by atoms with Gasteiger partial charge in [-0.2, -0.15) is 0 Å². The summed E-state index contributed by atoms with van der Waals surface area (Å²) in [7, 11) is 0. The molecule has 98 valence electrons. The maximum atomic E-state index is 12.7. The number of hydrazone groups is 1. The molecule has 1 fully saturated rings. The van der Waals surface area contributed by atoms with Gasteiger partial charge in [0.1, 0.15) is 11.6 Å². The Morgan fingerprint density at radius 1 is 1.67 bits per heavy atom. The number of anilines is 1. The number of hydrogen-bond acceptors (Lipinski definition) is 4. The zero-order valence-electron chi connectivity index (χ0n) is 10.1. The number of halogens is 1. The molecule has 18 heavy (non-hydrogen) atoms. The van der Waals surface area contributed by atoms with Gasteiger partial charge in [0.25, 0.3) is 0 Å². The van der Waals surface area contributed by atoms with Crippen molar-refractivity contribution in [3.05, 3.63) is 24.1 Å². The summed E-state index contributed by atoms with van der Waals surface area (Å²) in [5, 5.41) is 4.03. The zero-order chi connectivity index (χ0) is 13.0. The third kappa shape index (κ3) is 3.07. The number of hydrogen-bond donors (Lipinski definition) is 2. The molecule has 1 atom stereocenters. The molecule has 0 amide bonds. The Kier molecular flexibility index (Phi) is 3.93. The Balaban J connectivity index is 1.97. The summed E-state index contributed by atoms with van der Waals surface area (Å²) in [6.45, 7) is 3.98. The molecule has 0 spiro atoms. The van der Waals surface area contributed by atoms with Crippen molar-refractivity contribution >= 4 is 11.8 Å². The molecule has 0 radical (unpaired) electrons. The van der Waals surface area contributed by atoms with Gasteiger partial charge in [-0.3, -0.25) is 5.43 Å². The van der Waals surface area contributed by atoms with Crippen molar-refractivity contribution in [3.63, 3.8) is 0 Å². The van der Waals surface area contributed by atoms with Crippen LogP contribution in [0, 0.1) is 5.82 Å². The number of rotatable bonds is 2. The van der Waals surface area contributed by atoms with Gasteiger partial charge < -0.3 is 15.4 Å². The lowest BCUT2D eigenvalue weighted by atomic mass is 10.3. The smallest absolute Gasteiger partial charge is 0.214 e. The Morgan fingerprint density at radius 3 is 3.17 bits per heavy atom. The number of pyridine rings is 1. The molecule has 2 rings (SSSR count). The SMILES string of the molecule is C[C@H]1COCCN1C(N)=NNc1ccc(F)cn1. The van der Waals surface area contributed by atoms with Crippen LogP contribution in [0.4, 0.5) is 10.2 Å². The Bertz CT molecular complexity index is 422. The van der Waals surface area contributed by atoms with Gasteiger partial charge in [0, 0.05) is 6.54 Å². The van der Waals surface area contributed by atoms with E-state index < -0.39 is 0 Å². The number of guanidine groups is 1. The van der Waals surface area contributed by atoms with Crippen LogP contribution >= 0.6 is 0 Å². The van der Waals surface area contributed by atoms with Crippen molar-refractivity contribution < 1.29 is 9.13 Å². The van der Waals surface area contributed by atoms with Gasteiger partial charge in [0.05, 0.1) is 25.5 Å². The monoisotopic (exact) mass is 253 g/mol. The third-order valence-electron chi connectivity index (χ3n) is 2.67. The lowest BCUT2D eigenvalue weighted by molar-refractivity contribution is 0.0326. The largest absolute Gasteiger partial charge is 0.377 e. The number of morpholine rings is 1. The lowest BCUT2D eigenvalue weighted by Crippen LogP contribution is -2.50. The average Bonchev–Trinajstić information content (AvgIpc) is 2.38. The van der Waals surface area contributed by atoms with Crippen molar-refractivity contribution in [1.29, 1.82) is 0 Å². The molecule has 1 aromatic heterocycles. The molecule has 2 heterocycles. The fraction of sp³-hybridized carbons (Fsp3) is 0.455. The van der Waals surface area contributed by atoms with Gasteiger partial charge in [-0.05, 0) is 19.1 Å². The minimum absolute atomic E-state index is 0.186. The first-order chi connectivity index (χ1) is 8.66. The summed E-state index contributed by atoms with van der Waals surface area (Å²) in [5.74, 6) is 0.427. The Morgan fingerprint density at radius 2 is 2.50 bits per heavy atom. The molecule has 6 nitrogen and oxygen atoms in total. The maximum absolute atomic E-state index is 12.7. The van der Waals surface area contributed by atoms with Crippen LogP contribution in [0.5, 0.6) is 0 Å². The van der Waals surface area contributed by atoms with Crippen LogP contribution in [0.1, 0.15) is 6.92 Å². The second-order valence-corrected chi connectivity index (χ2v) is 4.06. The number of aromatic nitrogens is 1. The molecule has 1 saturated heterocycles. The second-order valence-electron chi connectivity index (χ2n) is 4.06. The molecule has 1 aromatic rings. The van der Waals surface area contributed by atoms with Crippen LogP contribution in [0.3, 0.4) is 0 Å². The van der Waals surface area contributed by atoms with E-state index in [-0.39, 0.29) is 11.9 Å². The van der Waals surface area contributed by atoms with Crippen LogP contribution in [0.2, 0.25) is 0 Å². The minimum Gasteiger partial charge on any atom is -0.377 e. The van der Waals surface area contributed by atoms with E-state index in [0.29, 0.717) is 31.5 Å². The summed E-state index contributed by atoms with van der Waals surface area (Å²) in [6, 6.07) is 2.98. The molecule has 0 unspecified atom stereocenters. The zero-order valence-corrected chi connectivity index (χ0v) is 10.1. The quantitative estimate of drug-likeness (QED) is 0.458. The fourth-order valence-electron chi connectivity index (χ4n) is 1.69. The number of nitrogens with zero attached hydrogens (tertiary/aromatic N) is 3. The molecule has 0 bridgehead atoms. The molecule has 7 heteroatoms. The molecule has 0 saturated carbocycles. The number of ether oxygens (including phenoxy) is 1. The number of nitrogens with one attached hydrogen (secondary N) is 1. The first-order valence-corrected chi connectivity index (χ1v) is 5.72. The Hall–Kier alpha value is -1.89. The van der Waals surface area contributed by atoms with Crippen molar-refractivity contribution in [3.8, 4) is 0 Å². The summed E-state index contributed by atoms with van der Waals surface area (Å²) in [6.07, 6.45) is 1.12. The molecular formula is C11H16FN5O. The first kappa shape index (κ1) is 12.6. The normalized spacial score (nSPS) is 20.9. The van der Waals surface area contributed by atoms with Crippen LogP contribution < -0.4 is 11.2 Å². The highest BCUT2D eigenvalue weighted by atomic mass is 19.1. The third-order valence-corrected chi connectivity index (χ3v) is 2.67. The summed E-state index contributed by atoms with van der Waals surface area (Å²) in [4.78, 5) is 5.77. The molecular weight excluding hydrogens is 237 g/mol. The highest BCUT2D eigenvalue weighted by molar-refractivity contribution is 5.79. The predicted octanol–water partition coefficient (Wildman–Crippen LogP) is 0.583. The lowest BCUT2D eigenvalue weighted by Gasteiger charge is -2.33. The van der Waals surface area contributed by atoms with E-state index >= 15 is 0 Å². The molecule has 0 aromatic carbocycles. The van der Waals surface area contributed by atoms with Crippen molar-refractivity contribution in [2.45, 2.75) is 13.0 Å². The predicted molar refractivity (Wildman–Crippen MR) is 66.4 cm³/mol. The highest BCUT2D eigenvalue weighted by Gasteiger charge is 2.20. The first-order valence-electron chi connectivity index (χ1n) is 5.72. The van der Waals surface area contributed by atoms with E-state index in [9.17, 15) is 4.39 Å². The van der Waals surface area contributed by atoms with Gasteiger partial charge in [-0.1, -0.05) is 0 Å². The summed E-state index contributed by atoms with van der Waals surface area (Å²) < 4.78 is 18.0. The van der Waals surface area contributed by atoms with E-state index in [4.69, 9.17) is 10.5 Å². The van der Waals surface area contributed by atoms with E-state index in [1.807, 2.05) is 11.8 Å². The van der Waals surface area contributed by atoms with Crippen molar-refractivity contribution in [2.75, 3.05) is 25.2 Å². The minimum atomic E-state index is -0.390. The maximum Gasteiger partial charge on any atom is 0.214 e. The molecule has 3 N–H and O–H groups in total. The standard InChI is InChI=1S/C11H16FN5O/c1-8-7-18-5-4-17(8)11(13)16-15-10-3-2-9(12)6-14-10/h2-3,6,8H,4-5,7H2,1H3,(H2,13,16)(H,14,15)/t8-/m0/s1. The van der Waals surface area contributed by atoms with Crippen LogP contribution in [-0.4, -0.2) is 41.6 Å². The topological polar surface area (TPSA) is 75.8 Å². The number of nitrogens with two attached hydrogens (primary N) is 1. The van der Waals surface area contributed by atoms with Crippen LogP contribution in [-0.2, 0) is 4.74 Å². The van der Waals surface area contributed by atoms with Crippen LogP contribution in [0.15, 0.2) is 23.4 Å². The molecule has 1 aliphatic rings. The van der Waals surface area contributed by atoms with Gasteiger partial charge in [-0.25, -0.2) is 9.37 Å². The van der Waals surface area contributed by atoms with E-state index in [1.165, 1.54) is 12.1 Å². The molecule has 0 aliphatic carbocycles. The van der Waals surface area contributed by atoms with Gasteiger partial charge >= 0.3 is 0 Å². The van der Waals surface area contributed by atoms with E-state index in [0.717, 1.165) is 6.20 Å². The summed E-state index contributed by atoms with van der Waals surface area (Å²) in [5.41, 5.74) is 8.56.